The highest BCUT2D eigenvalue weighted by Gasteiger charge is 2.36. The fraction of sp³-hybridized carbons (Fsp3) is 0.235. The number of nitrogens with zero attached hydrogens (tertiary/aromatic N) is 2. The number of amides is 1. The maximum absolute atomic E-state index is 12.7. The van der Waals surface area contributed by atoms with Crippen molar-refractivity contribution in [3.8, 4) is 0 Å². The van der Waals surface area contributed by atoms with E-state index in [1.807, 2.05) is 30.3 Å². The van der Waals surface area contributed by atoms with Crippen LogP contribution in [0.4, 0.5) is 5.69 Å². The highest BCUT2D eigenvalue weighted by Crippen LogP contribution is 2.27. The first-order chi connectivity index (χ1) is 12.2. The van der Waals surface area contributed by atoms with Gasteiger partial charge in [0.05, 0.1) is 16.3 Å². The molecule has 0 radical (unpaired) electrons. The summed E-state index contributed by atoms with van der Waals surface area (Å²) in [4.78, 5) is 11.8. The SMILES string of the molecule is CN(Cc1ccccc1)S(=O)(=O)c1ccc(N2C(=O)CCS2(=O)=O)cc1. The van der Waals surface area contributed by atoms with E-state index in [1.165, 1.54) is 35.6 Å². The first-order valence-corrected chi connectivity index (χ1v) is 10.9. The lowest BCUT2D eigenvalue weighted by Crippen LogP contribution is -2.29. The number of benzene rings is 2. The van der Waals surface area contributed by atoms with Crippen molar-refractivity contribution in [1.29, 1.82) is 0 Å². The highest BCUT2D eigenvalue weighted by atomic mass is 32.2. The normalized spacial score (nSPS) is 17.0. The molecule has 1 aliphatic rings. The first kappa shape index (κ1) is 18.6. The molecule has 26 heavy (non-hydrogen) atoms. The monoisotopic (exact) mass is 394 g/mol. The zero-order valence-electron chi connectivity index (χ0n) is 14.1. The molecule has 1 fully saturated rings. The van der Waals surface area contributed by atoms with Gasteiger partial charge >= 0.3 is 0 Å². The molecule has 2 aromatic rings. The summed E-state index contributed by atoms with van der Waals surface area (Å²) in [6, 6.07) is 14.5. The van der Waals surface area contributed by atoms with Crippen LogP contribution in [0.2, 0.25) is 0 Å². The molecule has 0 bridgehead atoms. The molecule has 7 nitrogen and oxygen atoms in total. The third-order valence-corrected chi connectivity index (χ3v) is 7.61. The second-order valence-electron chi connectivity index (χ2n) is 5.96. The predicted octanol–water partition coefficient (Wildman–Crippen LogP) is 1.57. The van der Waals surface area contributed by atoms with Crippen molar-refractivity contribution in [2.75, 3.05) is 17.1 Å². The van der Waals surface area contributed by atoms with Crippen LogP contribution in [0.5, 0.6) is 0 Å². The van der Waals surface area contributed by atoms with Gasteiger partial charge in [-0.2, -0.15) is 4.31 Å². The molecule has 9 heteroatoms. The summed E-state index contributed by atoms with van der Waals surface area (Å²) in [5.74, 6) is -0.743. The Bertz CT molecular complexity index is 1020. The first-order valence-electron chi connectivity index (χ1n) is 7.88. The van der Waals surface area contributed by atoms with E-state index < -0.39 is 26.0 Å². The van der Waals surface area contributed by atoms with Crippen molar-refractivity contribution in [1.82, 2.24) is 4.31 Å². The Labute approximate surface area is 153 Å². The molecular formula is C17H18N2O5S2. The summed E-state index contributed by atoms with van der Waals surface area (Å²) in [7, 11) is -5.93. The largest absolute Gasteiger partial charge is 0.273 e. The Morgan fingerprint density at radius 1 is 1.04 bits per heavy atom. The molecule has 1 saturated heterocycles. The van der Waals surface area contributed by atoms with Gasteiger partial charge in [0, 0.05) is 20.0 Å². The Hall–Kier alpha value is -2.23. The van der Waals surface area contributed by atoms with Crippen LogP contribution in [0.1, 0.15) is 12.0 Å². The third-order valence-electron chi connectivity index (χ3n) is 4.11. The number of sulfonamides is 2. The molecule has 2 aromatic carbocycles. The van der Waals surface area contributed by atoms with E-state index in [0.717, 1.165) is 9.87 Å². The molecular weight excluding hydrogens is 376 g/mol. The lowest BCUT2D eigenvalue weighted by atomic mass is 10.2. The van der Waals surface area contributed by atoms with Gasteiger partial charge in [0.2, 0.25) is 26.0 Å². The average molecular weight is 394 g/mol. The van der Waals surface area contributed by atoms with Gasteiger partial charge in [-0.05, 0) is 29.8 Å². The van der Waals surface area contributed by atoms with E-state index in [4.69, 9.17) is 0 Å². The molecule has 138 valence electrons. The molecule has 1 amide bonds. The second-order valence-corrected chi connectivity index (χ2v) is 9.95. The Balaban J connectivity index is 1.84. The number of hydrogen-bond donors (Lipinski definition) is 0. The second kappa shape index (κ2) is 6.82. The summed E-state index contributed by atoms with van der Waals surface area (Å²) in [6.45, 7) is 0.212. The van der Waals surface area contributed by atoms with Crippen molar-refractivity contribution >= 4 is 31.6 Å². The number of anilines is 1. The molecule has 0 aromatic heterocycles. The maximum atomic E-state index is 12.7. The van der Waals surface area contributed by atoms with Gasteiger partial charge < -0.3 is 0 Å². The van der Waals surface area contributed by atoms with Gasteiger partial charge in [-0.3, -0.25) is 4.79 Å². The zero-order valence-corrected chi connectivity index (χ0v) is 15.7. The van der Waals surface area contributed by atoms with Crippen LogP contribution in [-0.2, 0) is 31.4 Å². The van der Waals surface area contributed by atoms with E-state index in [9.17, 15) is 21.6 Å². The van der Waals surface area contributed by atoms with Crippen LogP contribution >= 0.6 is 0 Å². The standard InChI is InChI=1S/C17H18N2O5S2/c1-18(13-14-5-3-2-4-6-14)26(23,24)16-9-7-15(8-10-16)19-17(20)11-12-25(19,21)22/h2-10H,11-13H2,1H3. The molecule has 3 rings (SSSR count). The molecule has 0 aliphatic carbocycles. The zero-order chi connectivity index (χ0) is 18.9. The average Bonchev–Trinajstić information content (AvgIpc) is 2.88. The van der Waals surface area contributed by atoms with E-state index in [-0.39, 0.29) is 29.3 Å². The molecule has 1 aliphatic heterocycles. The minimum atomic E-state index is -3.74. The van der Waals surface area contributed by atoms with E-state index in [2.05, 4.69) is 0 Å². The topological polar surface area (TPSA) is 91.8 Å². The van der Waals surface area contributed by atoms with Crippen LogP contribution < -0.4 is 4.31 Å². The van der Waals surface area contributed by atoms with Crippen LogP contribution in [0.15, 0.2) is 59.5 Å². The Morgan fingerprint density at radius 3 is 2.19 bits per heavy atom. The highest BCUT2D eigenvalue weighted by molar-refractivity contribution is 7.94. The molecule has 0 saturated carbocycles. The molecule has 0 atom stereocenters. The van der Waals surface area contributed by atoms with E-state index in [1.54, 1.807) is 0 Å². The van der Waals surface area contributed by atoms with Gasteiger partial charge in [-0.25, -0.2) is 21.1 Å². The number of carbonyl (C=O) groups excluding carboxylic acids is 1. The van der Waals surface area contributed by atoms with Crippen molar-refractivity contribution in [3.05, 3.63) is 60.2 Å². The smallest absolute Gasteiger partial charge is 0.243 e. The van der Waals surface area contributed by atoms with Gasteiger partial charge in [0.25, 0.3) is 0 Å². The Morgan fingerprint density at radius 2 is 1.65 bits per heavy atom. The predicted molar refractivity (Wildman–Crippen MR) is 97.4 cm³/mol. The fourth-order valence-corrected chi connectivity index (χ4v) is 5.35. The number of carbonyl (C=O) groups is 1. The maximum Gasteiger partial charge on any atom is 0.243 e. The van der Waals surface area contributed by atoms with Crippen molar-refractivity contribution in [2.24, 2.45) is 0 Å². The molecule has 0 spiro atoms. The van der Waals surface area contributed by atoms with Crippen LogP contribution in [0.25, 0.3) is 0 Å². The van der Waals surface area contributed by atoms with Crippen LogP contribution in [0.3, 0.4) is 0 Å². The summed E-state index contributed by atoms with van der Waals surface area (Å²) in [5.41, 5.74) is 1.00. The van der Waals surface area contributed by atoms with Crippen LogP contribution in [0, 0.1) is 0 Å². The van der Waals surface area contributed by atoms with Crippen molar-refractivity contribution in [2.45, 2.75) is 17.9 Å². The van der Waals surface area contributed by atoms with Crippen LogP contribution in [-0.4, -0.2) is 39.8 Å². The quantitative estimate of drug-likeness (QED) is 0.768. The van der Waals surface area contributed by atoms with Crippen molar-refractivity contribution in [3.63, 3.8) is 0 Å². The van der Waals surface area contributed by atoms with Gasteiger partial charge in [-0.15, -0.1) is 0 Å². The number of rotatable bonds is 5. The Kier molecular flexibility index (Phi) is 4.87. The number of hydrogen-bond acceptors (Lipinski definition) is 5. The van der Waals surface area contributed by atoms with Gasteiger partial charge in [-0.1, -0.05) is 30.3 Å². The van der Waals surface area contributed by atoms with E-state index in [0.29, 0.717) is 0 Å². The molecule has 1 heterocycles. The summed E-state index contributed by atoms with van der Waals surface area (Å²) in [6.07, 6.45) is -0.0673. The van der Waals surface area contributed by atoms with Gasteiger partial charge in [0.1, 0.15) is 0 Å². The van der Waals surface area contributed by atoms with Crippen molar-refractivity contribution < 1.29 is 21.6 Å². The lowest BCUT2D eigenvalue weighted by molar-refractivity contribution is -0.116. The summed E-state index contributed by atoms with van der Waals surface area (Å²) < 4.78 is 51.2. The molecule has 0 N–H and O–H groups in total. The minimum absolute atomic E-state index is 0.0312. The van der Waals surface area contributed by atoms with Gasteiger partial charge in [0.15, 0.2) is 0 Å². The lowest BCUT2D eigenvalue weighted by Gasteiger charge is -2.19. The summed E-state index contributed by atoms with van der Waals surface area (Å²) in [5, 5.41) is 0. The summed E-state index contributed by atoms with van der Waals surface area (Å²) >= 11 is 0. The molecule has 0 unspecified atom stereocenters. The fourth-order valence-electron chi connectivity index (χ4n) is 2.73. The minimum Gasteiger partial charge on any atom is -0.273 e. The third kappa shape index (κ3) is 3.50. The van der Waals surface area contributed by atoms with E-state index >= 15 is 0 Å².